The number of methoxy groups -OCH3 is 1. The maximum atomic E-state index is 13.4. The maximum Gasteiger partial charge on any atom is 0.433 e. The van der Waals surface area contributed by atoms with E-state index < -0.39 is 44.0 Å². The second kappa shape index (κ2) is 6.69. The Morgan fingerprint density at radius 2 is 1.89 bits per heavy atom. The molecule has 2 aromatic heterocycles. The summed E-state index contributed by atoms with van der Waals surface area (Å²) in [7, 11) is -2.82. The average Bonchev–Trinajstić information content (AvgIpc) is 3.03. The average molecular weight is 421 g/mol. The number of H-pyrrole nitrogens is 1. The van der Waals surface area contributed by atoms with Crippen molar-refractivity contribution >= 4 is 20.7 Å². The fourth-order valence-electron chi connectivity index (χ4n) is 2.83. The molecule has 1 N–H and O–H groups in total. The van der Waals surface area contributed by atoms with Crippen molar-refractivity contribution in [1.82, 2.24) is 15.2 Å². The Labute approximate surface area is 155 Å². The van der Waals surface area contributed by atoms with Crippen LogP contribution in [0.15, 0.2) is 29.3 Å². The Hall–Kier alpha value is -2.76. The molecule has 0 unspecified atom stereocenters. The summed E-state index contributed by atoms with van der Waals surface area (Å²) in [6.45, 7) is 0. The molecule has 1 aromatic carbocycles. The molecule has 0 aliphatic rings. The summed E-state index contributed by atoms with van der Waals surface area (Å²) in [5.74, 6) is -0.258. The van der Waals surface area contributed by atoms with Crippen LogP contribution < -0.4 is 4.74 Å². The monoisotopic (exact) mass is 421 g/mol. The van der Waals surface area contributed by atoms with Crippen LogP contribution in [0, 0.1) is 0 Å². The number of rotatable bonds is 4. The van der Waals surface area contributed by atoms with E-state index in [1.165, 1.54) is 0 Å². The van der Waals surface area contributed by atoms with Gasteiger partial charge in [-0.15, -0.1) is 0 Å². The number of aromatic amines is 1. The lowest BCUT2D eigenvalue weighted by Gasteiger charge is -2.14. The van der Waals surface area contributed by atoms with Crippen molar-refractivity contribution < 1.29 is 35.1 Å². The van der Waals surface area contributed by atoms with E-state index in [1.54, 1.807) is 0 Å². The van der Waals surface area contributed by atoms with Gasteiger partial charge in [0.15, 0.2) is 9.84 Å². The fourth-order valence-corrected chi connectivity index (χ4v) is 3.73. The molecule has 0 amide bonds. The second-order valence-electron chi connectivity index (χ2n) is 5.82. The van der Waals surface area contributed by atoms with Crippen LogP contribution in [0.2, 0.25) is 0 Å². The number of sulfone groups is 1. The van der Waals surface area contributed by atoms with Crippen LogP contribution in [0.1, 0.15) is 17.7 Å². The Bertz CT molecular complexity index is 1160. The minimum Gasteiger partial charge on any atom is -0.481 e. The SMILES string of the molecule is COc1ncc2n[nH]c(C(F)(F)F)c2c1-c1ccc(S(C)(=O)=O)c(C(F)F)c1. The van der Waals surface area contributed by atoms with Crippen LogP contribution in [0.25, 0.3) is 22.0 Å². The molecule has 150 valence electrons. The lowest BCUT2D eigenvalue weighted by molar-refractivity contribution is -0.139. The molecule has 12 heteroatoms. The zero-order chi connectivity index (χ0) is 20.9. The van der Waals surface area contributed by atoms with Crippen molar-refractivity contribution in [3.63, 3.8) is 0 Å². The molecule has 6 nitrogen and oxygen atoms in total. The van der Waals surface area contributed by atoms with E-state index in [4.69, 9.17) is 4.74 Å². The number of ether oxygens (including phenoxy) is 1. The topological polar surface area (TPSA) is 84.9 Å². The van der Waals surface area contributed by atoms with Crippen LogP contribution in [0.4, 0.5) is 22.0 Å². The predicted molar refractivity (Wildman–Crippen MR) is 88.9 cm³/mol. The third-order valence-corrected chi connectivity index (χ3v) is 5.14. The van der Waals surface area contributed by atoms with Crippen LogP contribution in [0.3, 0.4) is 0 Å². The van der Waals surface area contributed by atoms with Crippen molar-refractivity contribution in [3.8, 4) is 17.0 Å². The molecule has 0 saturated heterocycles. The first kappa shape index (κ1) is 20.0. The van der Waals surface area contributed by atoms with Gasteiger partial charge in [-0.05, 0) is 17.7 Å². The minimum absolute atomic E-state index is 0.121. The Morgan fingerprint density at radius 3 is 2.43 bits per heavy atom. The van der Waals surface area contributed by atoms with Crippen molar-refractivity contribution in [2.24, 2.45) is 0 Å². The third-order valence-electron chi connectivity index (χ3n) is 3.97. The maximum absolute atomic E-state index is 13.4. The van der Waals surface area contributed by atoms with Gasteiger partial charge in [-0.2, -0.15) is 18.3 Å². The summed E-state index contributed by atoms with van der Waals surface area (Å²) in [6, 6.07) is 2.85. The molecule has 0 aliphatic heterocycles. The highest BCUT2D eigenvalue weighted by molar-refractivity contribution is 7.90. The van der Waals surface area contributed by atoms with Crippen molar-refractivity contribution in [2.75, 3.05) is 13.4 Å². The van der Waals surface area contributed by atoms with E-state index in [0.717, 1.165) is 37.8 Å². The molecule has 3 rings (SSSR count). The molecule has 0 spiro atoms. The molecule has 0 radical (unpaired) electrons. The smallest absolute Gasteiger partial charge is 0.433 e. The van der Waals surface area contributed by atoms with E-state index in [-0.39, 0.29) is 22.5 Å². The largest absolute Gasteiger partial charge is 0.481 e. The van der Waals surface area contributed by atoms with Gasteiger partial charge in [-0.3, -0.25) is 5.10 Å². The number of nitrogens with one attached hydrogen (secondary N) is 1. The van der Waals surface area contributed by atoms with E-state index in [9.17, 15) is 30.4 Å². The van der Waals surface area contributed by atoms with Gasteiger partial charge in [-0.25, -0.2) is 22.2 Å². The molecule has 0 atom stereocenters. The molecular formula is C16H12F5N3O3S. The molecule has 2 heterocycles. The predicted octanol–water partition coefficient (Wildman–Crippen LogP) is 3.99. The molecule has 0 saturated carbocycles. The standard InChI is InChI=1S/C16H12F5N3O3S/c1-27-15-11(12-9(6-22-15)23-24-13(12)16(19,20)21)7-3-4-10(28(2,25)26)8(5-7)14(17)18/h3-6,14H,1-2H3,(H,23,24). The molecule has 0 aliphatic carbocycles. The Balaban J connectivity index is 2.41. The minimum atomic E-state index is -4.81. The first-order valence-electron chi connectivity index (χ1n) is 7.56. The summed E-state index contributed by atoms with van der Waals surface area (Å²) in [4.78, 5) is 3.25. The summed E-state index contributed by atoms with van der Waals surface area (Å²) in [6.07, 6.45) is -6.18. The number of halogens is 5. The number of hydrogen-bond acceptors (Lipinski definition) is 5. The van der Waals surface area contributed by atoms with Crippen LogP contribution in [-0.2, 0) is 16.0 Å². The van der Waals surface area contributed by atoms with Gasteiger partial charge in [0.05, 0.1) is 23.8 Å². The number of alkyl halides is 5. The van der Waals surface area contributed by atoms with Gasteiger partial charge < -0.3 is 4.74 Å². The van der Waals surface area contributed by atoms with E-state index >= 15 is 0 Å². The molecule has 28 heavy (non-hydrogen) atoms. The molecule has 3 aromatic rings. The van der Waals surface area contributed by atoms with Gasteiger partial charge in [0.2, 0.25) is 5.88 Å². The third kappa shape index (κ3) is 3.39. The van der Waals surface area contributed by atoms with Crippen LogP contribution >= 0.6 is 0 Å². The number of nitrogens with zero attached hydrogens (tertiary/aromatic N) is 2. The van der Waals surface area contributed by atoms with Crippen molar-refractivity contribution in [1.29, 1.82) is 0 Å². The highest BCUT2D eigenvalue weighted by Crippen LogP contribution is 2.43. The summed E-state index contributed by atoms with van der Waals surface area (Å²) in [5, 5.41) is 5.00. The number of pyridine rings is 1. The molecule has 0 bridgehead atoms. The number of aromatic nitrogens is 3. The number of hydrogen-bond donors (Lipinski definition) is 1. The van der Waals surface area contributed by atoms with Crippen molar-refractivity contribution in [3.05, 3.63) is 35.7 Å². The fraction of sp³-hybridized carbons (Fsp3) is 0.250. The summed E-state index contributed by atoms with van der Waals surface area (Å²) < 4.78 is 95.6. The lowest BCUT2D eigenvalue weighted by Crippen LogP contribution is -2.07. The number of fused-ring (bicyclic) bond motifs is 1. The highest BCUT2D eigenvalue weighted by atomic mass is 32.2. The first-order valence-corrected chi connectivity index (χ1v) is 9.45. The van der Waals surface area contributed by atoms with Gasteiger partial charge in [0, 0.05) is 17.2 Å². The molecular weight excluding hydrogens is 409 g/mol. The van der Waals surface area contributed by atoms with Crippen LogP contribution in [-0.4, -0.2) is 37.0 Å². The summed E-state index contributed by atoms with van der Waals surface area (Å²) >= 11 is 0. The number of benzene rings is 1. The van der Waals surface area contributed by atoms with Gasteiger partial charge >= 0.3 is 6.18 Å². The normalized spacial score (nSPS) is 12.7. The quantitative estimate of drug-likeness (QED) is 0.644. The zero-order valence-electron chi connectivity index (χ0n) is 14.3. The van der Waals surface area contributed by atoms with Crippen LogP contribution in [0.5, 0.6) is 5.88 Å². The first-order chi connectivity index (χ1) is 12.9. The Morgan fingerprint density at radius 1 is 1.21 bits per heavy atom. The van der Waals surface area contributed by atoms with Gasteiger partial charge in [0.25, 0.3) is 6.43 Å². The lowest BCUT2D eigenvalue weighted by atomic mass is 9.99. The summed E-state index contributed by atoms with van der Waals surface area (Å²) in [5.41, 5.74) is -2.55. The second-order valence-corrected chi connectivity index (χ2v) is 7.81. The highest BCUT2D eigenvalue weighted by Gasteiger charge is 2.37. The Kier molecular flexibility index (Phi) is 4.77. The van der Waals surface area contributed by atoms with E-state index in [2.05, 4.69) is 10.1 Å². The van der Waals surface area contributed by atoms with E-state index in [0.29, 0.717) is 0 Å². The van der Waals surface area contributed by atoms with Crippen molar-refractivity contribution in [2.45, 2.75) is 17.5 Å². The molecule has 0 fully saturated rings. The van der Waals surface area contributed by atoms with E-state index in [1.807, 2.05) is 5.10 Å². The van der Waals surface area contributed by atoms with Gasteiger partial charge in [-0.1, -0.05) is 6.07 Å². The van der Waals surface area contributed by atoms with Gasteiger partial charge in [0.1, 0.15) is 11.2 Å². The zero-order valence-corrected chi connectivity index (χ0v) is 15.1.